The molecule has 2 heterocycles. The summed E-state index contributed by atoms with van der Waals surface area (Å²) >= 11 is 0. The van der Waals surface area contributed by atoms with Gasteiger partial charge < -0.3 is 20.1 Å². The van der Waals surface area contributed by atoms with Crippen LogP contribution in [0.1, 0.15) is 27.7 Å². The van der Waals surface area contributed by atoms with Gasteiger partial charge in [0.1, 0.15) is 18.2 Å². The number of rotatable bonds is 6. The molecule has 0 spiro atoms. The molecule has 174 valence electrons. The van der Waals surface area contributed by atoms with Crippen molar-refractivity contribution in [1.82, 2.24) is 25.3 Å². The molecule has 0 aliphatic carbocycles. The fourth-order valence-electron chi connectivity index (χ4n) is 2.84. The second kappa shape index (κ2) is 8.69. The average Bonchev–Trinajstić information content (AvgIpc) is 2.96. The molecule has 2 aliphatic rings. The maximum Gasteiger partial charge on any atom is 0.435 e. The summed E-state index contributed by atoms with van der Waals surface area (Å²) in [6.07, 6.45) is -2.38. The predicted octanol–water partition coefficient (Wildman–Crippen LogP) is -0.326. The predicted molar refractivity (Wildman–Crippen MR) is 100 cm³/mol. The van der Waals surface area contributed by atoms with E-state index < -0.39 is 62.1 Å². The van der Waals surface area contributed by atoms with Gasteiger partial charge >= 0.3 is 26.0 Å². The van der Waals surface area contributed by atoms with E-state index >= 15 is 0 Å². The van der Waals surface area contributed by atoms with Gasteiger partial charge in [0.25, 0.3) is 11.8 Å². The summed E-state index contributed by atoms with van der Waals surface area (Å²) in [6.45, 7) is 5.02. The number of hydrazine groups is 1. The number of urea groups is 1. The highest BCUT2D eigenvalue weighted by Gasteiger charge is 2.54. The van der Waals surface area contributed by atoms with E-state index in [1.54, 1.807) is 20.8 Å². The van der Waals surface area contributed by atoms with Crippen LogP contribution in [-0.2, 0) is 23.4 Å². The van der Waals surface area contributed by atoms with Gasteiger partial charge in [-0.1, -0.05) is 0 Å². The van der Waals surface area contributed by atoms with Crippen LogP contribution >= 0.6 is 7.75 Å². The monoisotopic (exact) mass is 465 g/mol. The van der Waals surface area contributed by atoms with E-state index in [4.69, 9.17) is 14.4 Å². The summed E-state index contributed by atoms with van der Waals surface area (Å²) in [6, 6.07) is -3.10. The van der Waals surface area contributed by atoms with Crippen molar-refractivity contribution in [3.05, 3.63) is 0 Å². The van der Waals surface area contributed by atoms with Gasteiger partial charge in [-0.05, 0) is 27.7 Å². The molecule has 1 unspecified atom stereocenters. The van der Waals surface area contributed by atoms with Crippen LogP contribution in [0.15, 0.2) is 0 Å². The van der Waals surface area contributed by atoms with E-state index in [1.165, 1.54) is 6.92 Å². The summed E-state index contributed by atoms with van der Waals surface area (Å²) in [5, 5.41) is 11.4. The fourth-order valence-corrected chi connectivity index (χ4v) is 4.21. The smallest absolute Gasteiger partial charge is 0.435 e. The first-order valence-corrected chi connectivity index (χ1v) is 10.6. The highest BCUT2D eigenvalue weighted by atomic mass is 31.2. The number of carbonyl (C=O) groups is 5. The SMILES string of the molecule is C[C@H]1[C@H](NC(=O)O)C(=O)N1P(=O)(O)OCC(=O)N1CCN(NC(=O)OC(C)(C)C)C1=O. The first-order chi connectivity index (χ1) is 14.1. The molecule has 2 rings (SSSR count). The van der Waals surface area contributed by atoms with Crippen LogP contribution in [0.5, 0.6) is 0 Å². The molecule has 2 aliphatic heterocycles. The van der Waals surface area contributed by atoms with Gasteiger partial charge in [-0.3, -0.25) is 19.0 Å². The van der Waals surface area contributed by atoms with Gasteiger partial charge in [0.15, 0.2) is 0 Å². The van der Waals surface area contributed by atoms with Crippen LogP contribution in [0, 0.1) is 0 Å². The lowest BCUT2D eigenvalue weighted by atomic mass is 10.0. The van der Waals surface area contributed by atoms with Crippen LogP contribution in [0.25, 0.3) is 0 Å². The third-order valence-electron chi connectivity index (χ3n) is 4.20. The quantitative estimate of drug-likeness (QED) is 0.298. The van der Waals surface area contributed by atoms with Crippen molar-refractivity contribution >= 4 is 37.8 Å². The number of hydrogen-bond donors (Lipinski definition) is 4. The van der Waals surface area contributed by atoms with Crippen LogP contribution in [0.4, 0.5) is 14.4 Å². The van der Waals surface area contributed by atoms with Crippen molar-refractivity contribution in [2.75, 3.05) is 19.7 Å². The zero-order valence-electron chi connectivity index (χ0n) is 17.2. The molecule has 4 N–H and O–H groups in total. The van der Waals surface area contributed by atoms with Crippen molar-refractivity contribution in [2.45, 2.75) is 45.4 Å². The van der Waals surface area contributed by atoms with Crippen LogP contribution in [0.3, 0.4) is 0 Å². The van der Waals surface area contributed by atoms with Gasteiger partial charge in [-0.15, -0.1) is 0 Å². The third kappa shape index (κ3) is 5.62. The summed E-state index contributed by atoms with van der Waals surface area (Å²) in [4.78, 5) is 69.5. The Hall–Kier alpha value is -2.90. The minimum atomic E-state index is -4.78. The van der Waals surface area contributed by atoms with E-state index in [9.17, 15) is 33.4 Å². The first kappa shape index (κ1) is 24.4. The summed E-state index contributed by atoms with van der Waals surface area (Å²) in [7, 11) is -4.78. The standard InChI is InChI=1S/C15H24N5O10P/c1-8-10(16-12(23)24)11(22)20(8)31(27,28)29-7-9(21)18-5-6-19(14(18)26)17-13(25)30-15(2,3)4/h8,10,16H,5-7H2,1-4H3,(H,17,25)(H,23,24)(H,27,28)/t8-,10-/m0/s1. The zero-order valence-corrected chi connectivity index (χ0v) is 18.1. The lowest BCUT2D eigenvalue weighted by Crippen LogP contribution is -2.68. The molecule has 16 heteroatoms. The Bertz CT molecular complexity index is 843. The maximum absolute atomic E-state index is 12.3. The Morgan fingerprint density at radius 2 is 1.84 bits per heavy atom. The molecule has 3 atom stereocenters. The van der Waals surface area contributed by atoms with Gasteiger partial charge in [-0.25, -0.2) is 34.1 Å². The number of carbonyl (C=O) groups excluding carboxylic acids is 4. The number of nitrogens with one attached hydrogen (secondary N) is 2. The van der Waals surface area contributed by atoms with Crippen LogP contribution in [-0.4, -0.2) is 92.0 Å². The molecule has 15 nitrogen and oxygen atoms in total. The summed E-state index contributed by atoms with van der Waals surface area (Å²) in [5.74, 6) is -1.97. The van der Waals surface area contributed by atoms with Crippen LogP contribution in [0.2, 0.25) is 0 Å². The van der Waals surface area contributed by atoms with Crippen molar-refractivity contribution in [3.8, 4) is 0 Å². The highest BCUT2D eigenvalue weighted by Crippen LogP contribution is 2.52. The number of amides is 6. The van der Waals surface area contributed by atoms with E-state index in [2.05, 4.69) is 5.43 Å². The molecule has 2 fully saturated rings. The van der Waals surface area contributed by atoms with E-state index in [0.717, 1.165) is 5.01 Å². The lowest BCUT2D eigenvalue weighted by Gasteiger charge is -2.45. The Morgan fingerprint density at radius 1 is 1.23 bits per heavy atom. The second-order valence-corrected chi connectivity index (χ2v) is 9.38. The van der Waals surface area contributed by atoms with Crippen LogP contribution < -0.4 is 10.7 Å². The van der Waals surface area contributed by atoms with Crippen molar-refractivity contribution in [2.24, 2.45) is 0 Å². The zero-order chi connectivity index (χ0) is 23.7. The molecule has 0 bridgehead atoms. The molecule has 0 aromatic heterocycles. The van der Waals surface area contributed by atoms with Gasteiger partial charge in [0.2, 0.25) is 0 Å². The Kier molecular flexibility index (Phi) is 6.83. The number of β-lactam (4-membered cyclic amide) rings is 1. The van der Waals surface area contributed by atoms with E-state index in [1.807, 2.05) is 5.32 Å². The van der Waals surface area contributed by atoms with Crippen molar-refractivity contribution in [1.29, 1.82) is 0 Å². The second-order valence-electron chi connectivity index (χ2n) is 7.71. The molecule has 2 saturated heterocycles. The first-order valence-electron chi connectivity index (χ1n) is 9.06. The topological polar surface area (TPSA) is 195 Å². The van der Waals surface area contributed by atoms with Gasteiger partial charge in [0, 0.05) is 0 Å². The van der Waals surface area contributed by atoms with E-state index in [0.29, 0.717) is 9.57 Å². The molecule has 0 aromatic carbocycles. The number of nitrogens with zero attached hydrogens (tertiary/aromatic N) is 3. The average molecular weight is 465 g/mol. The maximum atomic E-state index is 12.3. The molecule has 0 radical (unpaired) electrons. The van der Waals surface area contributed by atoms with Crippen molar-refractivity contribution in [3.63, 3.8) is 0 Å². The Balaban J connectivity index is 1.89. The van der Waals surface area contributed by atoms with Gasteiger partial charge in [-0.2, -0.15) is 0 Å². The minimum Gasteiger partial charge on any atom is -0.465 e. The number of carboxylic acid groups (broad SMARTS) is 1. The molecule has 31 heavy (non-hydrogen) atoms. The molecule has 6 amide bonds. The fraction of sp³-hybridized carbons (Fsp3) is 0.667. The summed E-state index contributed by atoms with van der Waals surface area (Å²) < 4.78 is 22.5. The minimum absolute atomic E-state index is 0.0508. The molecular weight excluding hydrogens is 441 g/mol. The third-order valence-corrected chi connectivity index (χ3v) is 5.77. The van der Waals surface area contributed by atoms with Crippen molar-refractivity contribution < 1.29 is 47.8 Å². The van der Waals surface area contributed by atoms with Gasteiger partial charge in [0.05, 0.1) is 19.1 Å². The molecule has 0 saturated carbocycles. The number of hydrogen-bond acceptors (Lipinski definition) is 8. The summed E-state index contributed by atoms with van der Waals surface area (Å²) in [5.41, 5.74) is 1.38. The Morgan fingerprint density at radius 3 is 2.35 bits per heavy atom. The normalized spacial score (nSPS) is 23.2. The largest absolute Gasteiger partial charge is 0.465 e. The van der Waals surface area contributed by atoms with E-state index in [-0.39, 0.29) is 13.1 Å². The number of imide groups is 1. The Labute approximate surface area is 176 Å². The molecular formula is C15H24N5O10P. The lowest BCUT2D eigenvalue weighted by molar-refractivity contribution is -0.143. The number of ether oxygens (including phenoxy) is 1. The highest BCUT2D eigenvalue weighted by molar-refractivity contribution is 7.51. The molecule has 0 aromatic rings.